The van der Waals surface area contributed by atoms with Gasteiger partial charge in [-0.2, -0.15) is 0 Å². The molecule has 0 bridgehead atoms. The van der Waals surface area contributed by atoms with E-state index in [9.17, 15) is 4.79 Å². The predicted molar refractivity (Wildman–Crippen MR) is 81.9 cm³/mol. The van der Waals surface area contributed by atoms with Gasteiger partial charge in [-0.05, 0) is 42.0 Å². The number of amides is 2. The van der Waals surface area contributed by atoms with E-state index in [1.165, 1.54) is 5.56 Å². The van der Waals surface area contributed by atoms with Gasteiger partial charge in [0.1, 0.15) is 11.4 Å². The lowest BCUT2D eigenvalue weighted by Gasteiger charge is -2.35. The maximum absolute atomic E-state index is 12.2. The molecule has 4 nitrogen and oxygen atoms in total. The van der Waals surface area contributed by atoms with Crippen molar-refractivity contribution < 1.29 is 4.79 Å². The standard InChI is InChI=1S/C15H18BrN3O/c1-9(2)8-19-14(20)18-13(17)15(19)6-5-10-7-11(16)3-4-12(10)15/h3-4,7,9H,5-6,8H2,1-2H3,(H2,17,18,20). The molecule has 1 saturated heterocycles. The number of hydrogen-bond acceptors (Lipinski definition) is 2. The number of aryl methyl sites for hydroxylation is 1. The molecule has 1 aliphatic heterocycles. The van der Waals surface area contributed by atoms with Crippen LogP contribution in [-0.2, 0) is 12.0 Å². The smallest absolute Gasteiger partial charge is 0.307 e. The van der Waals surface area contributed by atoms with Gasteiger partial charge in [-0.3, -0.25) is 10.7 Å². The zero-order chi connectivity index (χ0) is 14.5. The highest BCUT2D eigenvalue weighted by Crippen LogP contribution is 2.45. The number of halogens is 1. The molecule has 2 amide bonds. The van der Waals surface area contributed by atoms with Crippen LogP contribution in [0.2, 0.25) is 0 Å². The Kier molecular flexibility index (Phi) is 3.12. The molecule has 2 N–H and O–H groups in total. The topological polar surface area (TPSA) is 56.2 Å². The van der Waals surface area contributed by atoms with Gasteiger partial charge in [-0.15, -0.1) is 0 Å². The molecule has 0 radical (unpaired) electrons. The Balaban J connectivity index is 2.11. The van der Waals surface area contributed by atoms with Gasteiger partial charge in [-0.1, -0.05) is 35.8 Å². The third kappa shape index (κ3) is 1.79. The Bertz CT molecular complexity index is 599. The van der Waals surface area contributed by atoms with E-state index in [0.29, 0.717) is 18.3 Å². The average molecular weight is 336 g/mol. The van der Waals surface area contributed by atoms with Crippen molar-refractivity contribution in [2.75, 3.05) is 6.54 Å². The normalized spacial score (nSPS) is 24.7. The highest BCUT2D eigenvalue weighted by atomic mass is 79.9. The first-order valence-corrected chi connectivity index (χ1v) is 7.71. The maximum atomic E-state index is 12.2. The summed E-state index contributed by atoms with van der Waals surface area (Å²) in [7, 11) is 0. The van der Waals surface area contributed by atoms with Crippen molar-refractivity contribution in [3.63, 3.8) is 0 Å². The molecule has 1 atom stereocenters. The number of urea groups is 1. The number of hydrogen-bond donors (Lipinski definition) is 2. The highest BCUT2D eigenvalue weighted by molar-refractivity contribution is 9.10. The molecular weight excluding hydrogens is 318 g/mol. The van der Waals surface area contributed by atoms with E-state index in [1.54, 1.807) is 0 Å². The minimum atomic E-state index is -0.572. The minimum absolute atomic E-state index is 0.139. The molecule has 1 spiro atoms. The first kappa shape index (κ1) is 13.6. The van der Waals surface area contributed by atoms with E-state index in [0.717, 1.165) is 22.9 Å². The van der Waals surface area contributed by atoms with Gasteiger partial charge in [0.05, 0.1) is 0 Å². The molecule has 5 heteroatoms. The summed E-state index contributed by atoms with van der Waals surface area (Å²) in [6.07, 6.45) is 1.70. The van der Waals surface area contributed by atoms with Crippen molar-refractivity contribution in [1.29, 1.82) is 5.41 Å². The third-order valence-electron chi connectivity index (χ3n) is 4.17. The third-order valence-corrected chi connectivity index (χ3v) is 4.66. The summed E-state index contributed by atoms with van der Waals surface area (Å²) in [6, 6.07) is 6.01. The maximum Gasteiger partial charge on any atom is 0.323 e. The molecule has 1 fully saturated rings. The number of nitrogens with one attached hydrogen (secondary N) is 2. The van der Waals surface area contributed by atoms with Crippen LogP contribution in [0.15, 0.2) is 22.7 Å². The number of rotatable bonds is 2. The predicted octanol–water partition coefficient (Wildman–Crippen LogP) is 3.25. The van der Waals surface area contributed by atoms with Crippen LogP contribution >= 0.6 is 15.9 Å². The lowest BCUT2D eigenvalue weighted by Crippen LogP contribution is -2.46. The molecule has 20 heavy (non-hydrogen) atoms. The Labute approximate surface area is 127 Å². The second-order valence-electron chi connectivity index (χ2n) is 5.97. The van der Waals surface area contributed by atoms with Crippen molar-refractivity contribution in [1.82, 2.24) is 10.2 Å². The van der Waals surface area contributed by atoms with Crippen LogP contribution in [0, 0.1) is 11.3 Å². The zero-order valence-corrected chi connectivity index (χ0v) is 13.3. The number of carbonyl (C=O) groups excluding carboxylic acids is 1. The van der Waals surface area contributed by atoms with Crippen LogP contribution in [0.4, 0.5) is 4.79 Å². The minimum Gasteiger partial charge on any atom is -0.307 e. The summed E-state index contributed by atoms with van der Waals surface area (Å²) in [4.78, 5) is 14.1. The summed E-state index contributed by atoms with van der Waals surface area (Å²) in [5.74, 6) is 0.701. The largest absolute Gasteiger partial charge is 0.323 e. The average Bonchev–Trinajstić information content (AvgIpc) is 2.84. The van der Waals surface area contributed by atoms with Crippen LogP contribution in [0.5, 0.6) is 0 Å². The highest BCUT2D eigenvalue weighted by Gasteiger charge is 2.54. The fraction of sp³-hybridized carbons (Fsp3) is 0.467. The zero-order valence-electron chi connectivity index (χ0n) is 11.7. The molecule has 106 valence electrons. The summed E-state index contributed by atoms with van der Waals surface area (Å²) >= 11 is 3.49. The quantitative estimate of drug-likeness (QED) is 0.856. The van der Waals surface area contributed by atoms with Crippen molar-refractivity contribution in [3.8, 4) is 0 Å². The molecule has 1 unspecified atom stereocenters. The van der Waals surface area contributed by atoms with Crippen LogP contribution in [0.25, 0.3) is 0 Å². The first-order chi connectivity index (χ1) is 9.45. The summed E-state index contributed by atoms with van der Waals surface area (Å²) in [5.41, 5.74) is 1.76. The molecule has 0 aromatic heterocycles. The van der Waals surface area contributed by atoms with Gasteiger partial charge in [-0.25, -0.2) is 4.79 Å². The lowest BCUT2D eigenvalue weighted by molar-refractivity contribution is 0.161. The first-order valence-electron chi connectivity index (χ1n) is 6.91. The van der Waals surface area contributed by atoms with Crippen LogP contribution in [0.1, 0.15) is 31.4 Å². The Morgan fingerprint density at radius 2 is 2.25 bits per heavy atom. The van der Waals surface area contributed by atoms with Crippen LogP contribution in [0.3, 0.4) is 0 Å². The number of nitrogens with zero attached hydrogens (tertiary/aromatic N) is 1. The van der Waals surface area contributed by atoms with E-state index in [2.05, 4.69) is 47.2 Å². The Hall–Kier alpha value is -1.36. The Morgan fingerprint density at radius 3 is 2.95 bits per heavy atom. The van der Waals surface area contributed by atoms with Crippen LogP contribution in [-0.4, -0.2) is 23.3 Å². The van der Waals surface area contributed by atoms with Gasteiger partial charge >= 0.3 is 6.03 Å². The summed E-state index contributed by atoms with van der Waals surface area (Å²) < 4.78 is 1.05. The molecule has 0 saturated carbocycles. The van der Waals surface area contributed by atoms with Crippen molar-refractivity contribution in [2.45, 2.75) is 32.2 Å². The van der Waals surface area contributed by atoms with Gasteiger partial charge in [0.15, 0.2) is 0 Å². The summed E-state index contributed by atoms with van der Waals surface area (Å²) in [6.45, 7) is 4.87. The van der Waals surface area contributed by atoms with Gasteiger partial charge in [0.2, 0.25) is 0 Å². The number of fused-ring (bicyclic) bond motifs is 2. The second kappa shape index (κ2) is 4.58. The van der Waals surface area contributed by atoms with Gasteiger partial charge < -0.3 is 4.90 Å². The molecular formula is C15H18BrN3O. The SMILES string of the molecule is CC(C)CN1C(=O)NC(=N)C12CCc1cc(Br)ccc12. The number of carbonyl (C=O) groups is 1. The molecule has 2 aliphatic rings. The summed E-state index contributed by atoms with van der Waals surface area (Å²) in [5, 5.41) is 11.0. The van der Waals surface area contributed by atoms with E-state index >= 15 is 0 Å². The van der Waals surface area contributed by atoms with E-state index in [-0.39, 0.29) is 6.03 Å². The van der Waals surface area contributed by atoms with Crippen molar-refractivity contribution in [3.05, 3.63) is 33.8 Å². The van der Waals surface area contributed by atoms with Crippen LogP contribution < -0.4 is 5.32 Å². The van der Waals surface area contributed by atoms with Crippen molar-refractivity contribution >= 4 is 27.8 Å². The molecule has 3 rings (SSSR count). The fourth-order valence-electron chi connectivity index (χ4n) is 3.35. The molecule has 1 aromatic rings. The molecule has 1 heterocycles. The Morgan fingerprint density at radius 1 is 1.50 bits per heavy atom. The van der Waals surface area contributed by atoms with Crippen molar-refractivity contribution in [2.24, 2.45) is 5.92 Å². The molecule has 1 aliphatic carbocycles. The fourth-order valence-corrected chi connectivity index (χ4v) is 3.76. The van der Waals surface area contributed by atoms with Gasteiger partial charge in [0, 0.05) is 11.0 Å². The second-order valence-corrected chi connectivity index (χ2v) is 6.89. The number of benzene rings is 1. The van der Waals surface area contributed by atoms with E-state index in [1.807, 2.05) is 11.0 Å². The number of amidine groups is 1. The monoisotopic (exact) mass is 335 g/mol. The van der Waals surface area contributed by atoms with E-state index in [4.69, 9.17) is 5.41 Å². The lowest BCUT2D eigenvalue weighted by atomic mass is 9.89. The van der Waals surface area contributed by atoms with Gasteiger partial charge in [0.25, 0.3) is 0 Å². The molecule has 1 aromatic carbocycles. The van der Waals surface area contributed by atoms with E-state index < -0.39 is 5.54 Å².